The van der Waals surface area contributed by atoms with E-state index in [2.05, 4.69) is 5.32 Å². The first kappa shape index (κ1) is 13.9. The molecule has 2 N–H and O–H groups in total. The molecule has 0 aromatic heterocycles. The van der Waals surface area contributed by atoms with Gasteiger partial charge in [0.05, 0.1) is 0 Å². The molecular weight excluding hydrogens is 240 g/mol. The summed E-state index contributed by atoms with van der Waals surface area (Å²) in [5.74, 6) is 0. The van der Waals surface area contributed by atoms with Crippen LogP contribution in [0.3, 0.4) is 0 Å². The van der Waals surface area contributed by atoms with Gasteiger partial charge in [0.15, 0.2) is 0 Å². The summed E-state index contributed by atoms with van der Waals surface area (Å²) < 4.78 is 0. The zero-order chi connectivity index (χ0) is 13.7. The number of anilines is 1. The molecule has 0 atom stereocenters. The molecule has 1 aromatic carbocycles. The van der Waals surface area contributed by atoms with E-state index in [1.165, 1.54) is 12.0 Å². The molecule has 0 heterocycles. The number of aliphatic hydroxyl groups excluding tert-OH is 1. The van der Waals surface area contributed by atoms with Crippen molar-refractivity contribution < 1.29 is 9.90 Å². The van der Waals surface area contributed by atoms with Crippen LogP contribution in [0.5, 0.6) is 0 Å². The summed E-state index contributed by atoms with van der Waals surface area (Å²) in [6.45, 7) is 2.77. The van der Waals surface area contributed by atoms with Crippen molar-refractivity contribution in [3.05, 3.63) is 29.8 Å². The smallest absolute Gasteiger partial charge is 0.322 e. The van der Waals surface area contributed by atoms with E-state index in [1.807, 2.05) is 36.1 Å². The molecule has 1 aliphatic rings. The highest BCUT2D eigenvalue weighted by Crippen LogP contribution is 2.25. The molecule has 2 rings (SSSR count). The largest absolute Gasteiger partial charge is 0.396 e. The zero-order valence-corrected chi connectivity index (χ0v) is 11.4. The first-order valence-corrected chi connectivity index (χ1v) is 6.96. The maximum Gasteiger partial charge on any atom is 0.322 e. The second kappa shape index (κ2) is 6.57. The number of hydrogen-bond acceptors (Lipinski definition) is 2. The lowest BCUT2D eigenvalue weighted by atomic mass is 9.91. The second-order valence-electron chi connectivity index (χ2n) is 5.15. The highest BCUT2D eigenvalue weighted by molar-refractivity contribution is 5.89. The summed E-state index contributed by atoms with van der Waals surface area (Å²) in [6, 6.07) is 8.09. The fourth-order valence-electron chi connectivity index (χ4n) is 2.22. The normalized spacial score (nSPS) is 14.8. The molecule has 0 aliphatic heterocycles. The Morgan fingerprint density at radius 2 is 2.05 bits per heavy atom. The van der Waals surface area contributed by atoms with Crippen LogP contribution in [0.4, 0.5) is 10.5 Å². The van der Waals surface area contributed by atoms with Crippen LogP contribution in [0.15, 0.2) is 24.3 Å². The van der Waals surface area contributed by atoms with Gasteiger partial charge in [-0.3, -0.25) is 0 Å². The third-order valence-electron chi connectivity index (χ3n) is 3.64. The van der Waals surface area contributed by atoms with Crippen molar-refractivity contribution in [2.24, 2.45) is 0 Å². The first-order valence-electron chi connectivity index (χ1n) is 6.96. The summed E-state index contributed by atoms with van der Waals surface area (Å²) in [4.78, 5) is 14.1. The number of carbonyl (C=O) groups excluding carboxylic acids is 1. The predicted octanol–water partition coefficient (Wildman–Crippen LogP) is 2.76. The van der Waals surface area contributed by atoms with E-state index in [1.54, 1.807) is 0 Å². The lowest BCUT2D eigenvalue weighted by molar-refractivity contribution is 0.140. The van der Waals surface area contributed by atoms with Crippen LogP contribution in [0.1, 0.15) is 31.2 Å². The number of benzene rings is 1. The van der Waals surface area contributed by atoms with Gasteiger partial charge < -0.3 is 15.3 Å². The van der Waals surface area contributed by atoms with Gasteiger partial charge in [0.1, 0.15) is 0 Å². The van der Waals surface area contributed by atoms with E-state index in [9.17, 15) is 4.79 Å². The van der Waals surface area contributed by atoms with Crippen molar-refractivity contribution in [3.8, 4) is 0 Å². The molecule has 1 saturated carbocycles. The molecule has 0 spiro atoms. The highest BCUT2D eigenvalue weighted by atomic mass is 16.3. The molecule has 2 amide bonds. The van der Waals surface area contributed by atoms with E-state index in [-0.39, 0.29) is 12.6 Å². The van der Waals surface area contributed by atoms with Crippen LogP contribution >= 0.6 is 0 Å². The van der Waals surface area contributed by atoms with Crippen molar-refractivity contribution in [1.29, 1.82) is 0 Å². The number of hydrogen-bond donors (Lipinski definition) is 2. The average Bonchev–Trinajstić information content (AvgIpc) is 2.34. The minimum absolute atomic E-state index is 0.0537. The zero-order valence-electron chi connectivity index (χ0n) is 11.4. The summed E-state index contributed by atoms with van der Waals surface area (Å²) >= 11 is 0. The molecule has 0 saturated heterocycles. The quantitative estimate of drug-likeness (QED) is 0.857. The molecule has 0 bridgehead atoms. The van der Waals surface area contributed by atoms with E-state index >= 15 is 0 Å². The number of aryl methyl sites for hydroxylation is 1. The van der Waals surface area contributed by atoms with Crippen LogP contribution in [0, 0.1) is 6.92 Å². The molecule has 1 aliphatic carbocycles. The lowest BCUT2D eigenvalue weighted by Gasteiger charge is -2.37. The molecule has 0 unspecified atom stereocenters. The molecule has 19 heavy (non-hydrogen) atoms. The van der Waals surface area contributed by atoms with Crippen molar-refractivity contribution in [2.75, 3.05) is 18.5 Å². The van der Waals surface area contributed by atoms with Crippen LogP contribution < -0.4 is 5.32 Å². The number of aliphatic hydroxyl groups is 1. The summed E-state index contributed by atoms with van der Waals surface area (Å²) in [6.07, 6.45) is 3.98. The molecule has 4 nitrogen and oxygen atoms in total. The fraction of sp³-hybridized carbons (Fsp3) is 0.533. The molecule has 1 fully saturated rings. The third-order valence-corrected chi connectivity index (χ3v) is 3.64. The minimum Gasteiger partial charge on any atom is -0.396 e. The fourth-order valence-corrected chi connectivity index (χ4v) is 2.22. The Hall–Kier alpha value is -1.55. The SMILES string of the molecule is Cc1ccc(NC(=O)N(CCCO)C2CCC2)cc1. The van der Waals surface area contributed by atoms with E-state index in [0.29, 0.717) is 19.0 Å². The Bertz CT molecular complexity index is 413. The summed E-state index contributed by atoms with van der Waals surface area (Å²) in [7, 11) is 0. The first-order chi connectivity index (χ1) is 9.20. The maximum atomic E-state index is 12.3. The molecule has 1 aromatic rings. The third kappa shape index (κ3) is 3.70. The van der Waals surface area contributed by atoms with Gasteiger partial charge in [0.2, 0.25) is 0 Å². The lowest BCUT2D eigenvalue weighted by Crippen LogP contribution is -2.46. The predicted molar refractivity (Wildman–Crippen MR) is 76.2 cm³/mol. The van der Waals surface area contributed by atoms with Crippen molar-refractivity contribution in [3.63, 3.8) is 0 Å². The minimum atomic E-state index is -0.0537. The van der Waals surface area contributed by atoms with Gasteiger partial charge in [-0.2, -0.15) is 0 Å². The number of urea groups is 1. The molecular formula is C15H22N2O2. The van der Waals surface area contributed by atoms with Gasteiger partial charge in [0.25, 0.3) is 0 Å². The number of amides is 2. The van der Waals surface area contributed by atoms with Crippen LogP contribution in [0.25, 0.3) is 0 Å². The topological polar surface area (TPSA) is 52.6 Å². The average molecular weight is 262 g/mol. The molecule has 0 radical (unpaired) electrons. The van der Waals surface area contributed by atoms with Gasteiger partial charge in [-0.05, 0) is 44.7 Å². The maximum absolute atomic E-state index is 12.3. The van der Waals surface area contributed by atoms with Crippen molar-refractivity contribution in [2.45, 2.75) is 38.6 Å². The van der Waals surface area contributed by atoms with E-state index in [4.69, 9.17) is 5.11 Å². The highest BCUT2D eigenvalue weighted by Gasteiger charge is 2.28. The van der Waals surface area contributed by atoms with E-state index in [0.717, 1.165) is 18.5 Å². The summed E-state index contributed by atoms with van der Waals surface area (Å²) in [5, 5.41) is 11.9. The second-order valence-corrected chi connectivity index (χ2v) is 5.15. The van der Waals surface area contributed by atoms with Gasteiger partial charge >= 0.3 is 6.03 Å². The summed E-state index contributed by atoms with van der Waals surface area (Å²) in [5.41, 5.74) is 2.00. The standard InChI is InChI=1S/C15H22N2O2/c1-12-6-8-13(9-7-12)16-15(19)17(10-3-11-18)14-4-2-5-14/h6-9,14,18H,2-5,10-11H2,1H3,(H,16,19). The monoisotopic (exact) mass is 262 g/mol. The van der Waals surface area contributed by atoms with Gasteiger partial charge in [-0.15, -0.1) is 0 Å². The Labute approximate surface area is 114 Å². The van der Waals surface area contributed by atoms with Crippen LogP contribution in [-0.4, -0.2) is 35.2 Å². The number of rotatable bonds is 5. The number of nitrogens with one attached hydrogen (secondary N) is 1. The van der Waals surface area contributed by atoms with Crippen molar-refractivity contribution >= 4 is 11.7 Å². The van der Waals surface area contributed by atoms with Gasteiger partial charge in [-0.25, -0.2) is 4.79 Å². The Balaban J connectivity index is 1.96. The van der Waals surface area contributed by atoms with Gasteiger partial charge in [0, 0.05) is 24.9 Å². The van der Waals surface area contributed by atoms with Gasteiger partial charge in [-0.1, -0.05) is 17.7 Å². The molecule has 4 heteroatoms. The van der Waals surface area contributed by atoms with Crippen molar-refractivity contribution in [1.82, 2.24) is 4.90 Å². The number of carbonyl (C=O) groups is 1. The van der Waals surface area contributed by atoms with Crippen LogP contribution in [-0.2, 0) is 0 Å². The van der Waals surface area contributed by atoms with E-state index < -0.39 is 0 Å². The molecule has 104 valence electrons. The Morgan fingerprint density at radius 3 is 2.58 bits per heavy atom. The Kier molecular flexibility index (Phi) is 4.80. The number of nitrogens with zero attached hydrogens (tertiary/aromatic N) is 1. The Morgan fingerprint density at radius 1 is 1.37 bits per heavy atom. The van der Waals surface area contributed by atoms with Crippen LogP contribution in [0.2, 0.25) is 0 Å².